The highest BCUT2D eigenvalue weighted by Gasteiger charge is 2.16. The van der Waals surface area contributed by atoms with Crippen LogP contribution >= 0.6 is 0 Å². The molecule has 2 rings (SSSR count). The van der Waals surface area contributed by atoms with Crippen LogP contribution in [-0.4, -0.2) is 35.5 Å². The molecule has 1 aromatic heterocycles. The van der Waals surface area contributed by atoms with Crippen molar-refractivity contribution in [1.29, 1.82) is 0 Å². The largest absolute Gasteiger partial charge is 0.351 e. The van der Waals surface area contributed by atoms with Crippen LogP contribution in [-0.2, 0) is 0 Å². The number of hydrogen-bond donors (Lipinski definition) is 1. The summed E-state index contributed by atoms with van der Waals surface area (Å²) < 4.78 is 0. The maximum atomic E-state index is 11.9. The summed E-state index contributed by atoms with van der Waals surface area (Å²) in [5, 5.41) is 2.87. The standard InChI is InChI=1S/C13H20N4O/c1-2-3-7-14-12(18)11-6-8-15-13(16-11)17-9-4-5-10-17/h6,8H,2-5,7,9-10H2,1H3,(H,14,18). The highest BCUT2D eigenvalue weighted by atomic mass is 16.1. The molecule has 5 heteroatoms. The van der Waals surface area contributed by atoms with Crippen LogP contribution in [0.5, 0.6) is 0 Å². The van der Waals surface area contributed by atoms with E-state index in [4.69, 9.17) is 0 Å². The quantitative estimate of drug-likeness (QED) is 0.804. The second-order valence-electron chi connectivity index (χ2n) is 4.55. The number of unbranched alkanes of at least 4 members (excludes halogenated alkanes) is 1. The van der Waals surface area contributed by atoms with E-state index in [2.05, 4.69) is 27.1 Å². The third kappa shape index (κ3) is 3.18. The van der Waals surface area contributed by atoms with E-state index in [9.17, 15) is 4.79 Å². The van der Waals surface area contributed by atoms with Gasteiger partial charge in [-0.3, -0.25) is 4.79 Å². The summed E-state index contributed by atoms with van der Waals surface area (Å²) in [6.45, 7) is 4.78. The van der Waals surface area contributed by atoms with E-state index < -0.39 is 0 Å². The van der Waals surface area contributed by atoms with Crippen molar-refractivity contribution in [2.45, 2.75) is 32.6 Å². The number of amides is 1. The lowest BCUT2D eigenvalue weighted by molar-refractivity contribution is 0.0948. The lowest BCUT2D eigenvalue weighted by Crippen LogP contribution is -2.27. The van der Waals surface area contributed by atoms with Crippen LogP contribution < -0.4 is 10.2 Å². The van der Waals surface area contributed by atoms with Crippen molar-refractivity contribution in [3.05, 3.63) is 18.0 Å². The summed E-state index contributed by atoms with van der Waals surface area (Å²) in [5.74, 6) is 0.571. The number of carbonyl (C=O) groups is 1. The summed E-state index contributed by atoms with van der Waals surface area (Å²) in [5.41, 5.74) is 0.461. The minimum Gasteiger partial charge on any atom is -0.351 e. The van der Waals surface area contributed by atoms with Gasteiger partial charge in [-0.1, -0.05) is 13.3 Å². The Morgan fingerprint density at radius 1 is 1.44 bits per heavy atom. The molecule has 2 heterocycles. The Morgan fingerprint density at radius 3 is 2.94 bits per heavy atom. The lowest BCUT2D eigenvalue weighted by atomic mass is 10.3. The molecule has 0 spiro atoms. The number of nitrogens with zero attached hydrogens (tertiary/aromatic N) is 3. The van der Waals surface area contributed by atoms with E-state index in [1.807, 2.05) is 0 Å². The topological polar surface area (TPSA) is 58.1 Å². The maximum absolute atomic E-state index is 11.9. The molecule has 1 N–H and O–H groups in total. The second kappa shape index (κ2) is 6.33. The van der Waals surface area contributed by atoms with E-state index in [1.54, 1.807) is 12.3 Å². The summed E-state index contributed by atoms with van der Waals surface area (Å²) in [7, 11) is 0. The van der Waals surface area contributed by atoms with E-state index in [0.717, 1.165) is 25.9 Å². The highest BCUT2D eigenvalue weighted by Crippen LogP contribution is 2.15. The average molecular weight is 248 g/mol. The van der Waals surface area contributed by atoms with Crippen molar-refractivity contribution in [2.75, 3.05) is 24.5 Å². The Labute approximate surface area is 108 Å². The lowest BCUT2D eigenvalue weighted by Gasteiger charge is -2.15. The first kappa shape index (κ1) is 12.8. The molecule has 0 bridgehead atoms. The van der Waals surface area contributed by atoms with Gasteiger partial charge < -0.3 is 10.2 Å². The van der Waals surface area contributed by atoms with Gasteiger partial charge in [0.1, 0.15) is 5.69 Å². The fourth-order valence-corrected chi connectivity index (χ4v) is 2.01. The summed E-state index contributed by atoms with van der Waals surface area (Å²) in [4.78, 5) is 22.6. The van der Waals surface area contributed by atoms with Gasteiger partial charge in [0, 0.05) is 25.8 Å². The zero-order valence-electron chi connectivity index (χ0n) is 10.9. The molecule has 98 valence electrons. The predicted molar refractivity (Wildman–Crippen MR) is 70.7 cm³/mol. The van der Waals surface area contributed by atoms with Crippen LogP contribution in [0.4, 0.5) is 5.95 Å². The van der Waals surface area contributed by atoms with Crippen LogP contribution in [0.1, 0.15) is 43.1 Å². The summed E-state index contributed by atoms with van der Waals surface area (Å²) >= 11 is 0. The first-order valence-corrected chi connectivity index (χ1v) is 6.67. The van der Waals surface area contributed by atoms with Crippen molar-refractivity contribution < 1.29 is 4.79 Å². The Balaban J connectivity index is 1.99. The molecule has 18 heavy (non-hydrogen) atoms. The molecule has 0 aliphatic carbocycles. The van der Waals surface area contributed by atoms with Gasteiger partial charge in [-0.2, -0.15) is 0 Å². The van der Waals surface area contributed by atoms with Gasteiger partial charge in [-0.05, 0) is 25.3 Å². The first-order valence-electron chi connectivity index (χ1n) is 6.67. The third-order valence-corrected chi connectivity index (χ3v) is 3.08. The van der Waals surface area contributed by atoms with Gasteiger partial charge in [0.15, 0.2) is 0 Å². The van der Waals surface area contributed by atoms with Crippen LogP contribution in [0.3, 0.4) is 0 Å². The zero-order chi connectivity index (χ0) is 12.8. The molecule has 0 saturated carbocycles. The van der Waals surface area contributed by atoms with Gasteiger partial charge in [0.2, 0.25) is 5.95 Å². The maximum Gasteiger partial charge on any atom is 0.270 e. The van der Waals surface area contributed by atoms with Crippen LogP contribution in [0.15, 0.2) is 12.3 Å². The van der Waals surface area contributed by atoms with Crippen molar-refractivity contribution >= 4 is 11.9 Å². The molecule has 0 aromatic carbocycles. The molecule has 1 fully saturated rings. The predicted octanol–water partition coefficient (Wildman–Crippen LogP) is 1.61. The highest BCUT2D eigenvalue weighted by molar-refractivity contribution is 5.92. The molecule has 0 atom stereocenters. The van der Waals surface area contributed by atoms with Gasteiger partial charge in [0.25, 0.3) is 5.91 Å². The van der Waals surface area contributed by atoms with Crippen molar-refractivity contribution in [3.63, 3.8) is 0 Å². The molecule has 1 aliphatic heterocycles. The number of carbonyl (C=O) groups excluding carboxylic acids is 1. The van der Waals surface area contributed by atoms with Gasteiger partial charge >= 0.3 is 0 Å². The second-order valence-corrected chi connectivity index (χ2v) is 4.55. The van der Waals surface area contributed by atoms with Crippen LogP contribution in [0.2, 0.25) is 0 Å². The van der Waals surface area contributed by atoms with Crippen molar-refractivity contribution in [1.82, 2.24) is 15.3 Å². The van der Waals surface area contributed by atoms with E-state index in [1.165, 1.54) is 12.8 Å². The SMILES string of the molecule is CCCCNC(=O)c1ccnc(N2CCCC2)n1. The normalized spacial score (nSPS) is 14.8. The Hall–Kier alpha value is -1.65. The fourth-order valence-electron chi connectivity index (χ4n) is 2.01. The number of hydrogen-bond acceptors (Lipinski definition) is 4. The fraction of sp³-hybridized carbons (Fsp3) is 0.615. The minimum absolute atomic E-state index is 0.105. The van der Waals surface area contributed by atoms with Crippen molar-refractivity contribution in [2.24, 2.45) is 0 Å². The monoisotopic (exact) mass is 248 g/mol. The molecule has 0 radical (unpaired) electrons. The minimum atomic E-state index is -0.105. The Kier molecular flexibility index (Phi) is 4.50. The molecule has 0 unspecified atom stereocenters. The smallest absolute Gasteiger partial charge is 0.270 e. The summed E-state index contributed by atoms with van der Waals surface area (Å²) in [6, 6.07) is 1.67. The molecular formula is C13H20N4O. The van der Waals surface area contributed by atoms with Gasteiger partial charge in [-0.25, -0.2) is 9.97 Å². The number of aromatic nitrogens is 2. The molecule has 1 saturated heterocycles. The molecule has 1 aromatic rings. The van der Waals surface area contributed by atoms with Crippen LogP contribution in [0, 0.1) is 0 Å². The van der Waals surface area contributed by atoms with Gasteiger partial charge in [-0.15, -0.1) is 0 Å². The number of anilines is 1. The average Bonchev–Trinajstić information content (AvgIpc) is 2.93. The van der Waals surface area contributed by atoms with E-state index in [-0.39, 0.29) is 5.91 Å². The molecule has 5 nitrogen and oxygen atoms in total. The van der Waals surface area contributed by atoms with E-state index >= 15 is 0 Å². The Morgan fingerprint density at radius 2 is 2.22 bits per heavy atom. The van der Waals surface area contributed by atoms with E-state index in [0.29, 0.717) is 18.2 Å². The molecule has 1 aliphatic rings. The summed E-state index contributed by atoms with van der Waals surface area (Å²) in [6.07, 6.45) is 6.08. The zero-order valence-corrected chi connectivity index (χ0v) is 10.9. The first-order chi connectivity index (χ1) is 8.81. The number of nitrogens with one attached hydrogen (secondary N) is 1. The molecular weight excluding hydrogens is 228 g/mol. The van der Waals surface area contributed by atoms with Crippen LogP contribution in [0.25, 0.3) is 0 Å². The molecule has 1 amide bonds. The van der Waals surface area contributed by atoms with Crippen molar-refractivity contribution in [3.8, 4) is 0 Å². The van der Waals surface area contributed by atoms with Gasteiger partial charge in [0.05, 0.1) is 0 Å². The third-order valence-electron chi connectivity index (χ3n) is 3.08. The Bertz CT molecular complexity index is 402. The number of rotatable bonds is 5.